The van der Waals surface area contributed by atoms with Crippen molar-refractivity contribution < 1.29 is 4.79 Å². The Kier molecular flexibility index (Phi) is 1.78. The second kappa shape index (κ2) is 2.36. The maximum Gasteiger partial charge on any atom is 0.247 e. The van der Waals surface area contributed by atoms with E-state index in [1.54, 1.807) is 6.08 Å². The van der Waals surface area contributed by atoms with Gasteiger partial charge in [0, 0.05) is 17.7 Å². The van der Waals surface area contributed by atoms with Crippen molar-refractivity contribution in [3.05, 3.63) is 12.2 Å². The predicted molar refractivity (Wildman–Crippen MR) is 45.2 cm³/mol. The molecule has 0 fully saturated rings. The molecular formula is C9H15NO. The maximum atomic E-state index is 11.3. The van der Waals surface area contributed by atoms with Gasteiger partial charge in [0.1, 0.15) is 0 Å². The van der Waals surface area contributed by atoms with Crippen LogP contribution in [0.4, 0.5) is 0 Å². The Morgan fingerprint density at radius 3 is 2.18 bits per heavy atom. The fraction of sp³-hybridized carbons (Fsp3) is 0.667. The number of amides is 1. The van der Waals surface area contributed by atoms with E-state index in [9.17, 15) is 4.79 Å². The van der Waals surface area contributed by atoms with Gasteiger partial charge in [0.2, 0.25) is 5.91 Å². The van der Waals surface area contributed by atoms with E-state index in [4.69, 9.17) is 0 Å². The van der Waals surface area contributed by atoms with E-state index in [-0.39, 0.29) is 17.5 Å². The van der Waals surface area contributed by atoms with Crippen molar-refractivity contribution >= 4 is 5.91 Å². The van der Waals surface area contributed by atoms with Crippen LogP contribution in [0.5, 0.6) is 0 Å². The van der Waals surface area contributed by atoms with Crippen molar-refractivity contribution in [2.24, 2.45) is 0 Å². The molecule has 1 heterocycles. The smallest absolute Gasteiger partial charge is 0.247 e. The summed E-state index contributed by atoms with van der Waals surface area (Å²) >= 11 is 0. The first-order chi connectivity index (χ1) is 4.93. The van der Waals surface area contributed by atoms with E-state index in [2.05, 4.69) is 20.8 Å². The van der Waals surface area contributed by atoms with Crippen molar-refractivity contribution in [3.8, 4) is 0 Å². The molecule has 0 aliphatic carbocycles. The van der Waals surface area contributed by atoms with Crippen molar-refractivity contribution in [2.45, 2.75) is 39.3 Å². The van der Waals surface area contributed by atoms with E-state index in [1.807, 2.05) is 17.9 Å². The van der Waals surface area contributed by atoms with Gasteiger partial charge in [0.05, 0.1) is 0 Å². The second-order valence-corrected chi connectivity index (χ2v) is 3.98. The average molecular weight is 153 g/mol. The highest BCUT2D eigenvalue weighted by Gasteiger charge is 2.31. The first-order valence-corrected chi connectivity index (χ1v) is 3.94. The van der Waals surface area contributed by atoms with E-state index in [0.717, 1.165) is 0 Å². The zero-order valence-electron chi connectivity index (χ0n) is 7.59. The van der Waals surface area contributed by atoms with Crippen LogP contribution < -0.4 is 0 Å². The van der Waals surface area contributed by atoms with Gasteiger partial charge in [0.15, 0.2) is 0 Å². The molecule has 1 amide bonds. The van der Waals surface area contributed by atoms with Gasteiger partial charge >= 0.3 is 0 Å². The Hall–Kier alpha value is -0.790. The largest absolute Gasteiger partial charge is 0.328 e. The molecule has 0 spiro atoms. The molecular weight excluding hydrogens is 138 g/mol. The molecule has 1 unspecified atom stereocenters. The molecule has 1 aliphatic heterocycles. The SMILES string of the molecule is CC1C=CC(=O)N1C(C)(C)C. The summed E-state index contributed by atoms with van der Waals surface area (Å²) in [6.07, 6.45) is 3.59. The first-order valence-electron chi connectivity index (χ1n) is 3.94. The molecule has 0 radical (unpaired) electrons. The standard InChI is InChI=1S/C9H15NO/c1-7-5-6-8(11)10(7)9(2,3)4/h5-7H,1-4H3. The van der Waals surface area contributed by atoms with Crippen LogP contribution in [0, 0.1) is 0 Å². The Labute approximate surface area is 67.9 Å². The molecule has 1 aliphatic rings. The molecule has 0 aromatic carbocycles. The van der Waals surface area contributed by atoms with Crippen LogP contribution in [0.3, 0.4) is 0 Å². The number of carbonyl (C=O) groups excluding carboxylic acids is 1. The minimum Gasteiger partial charge on any atom is -0.328 e. The molecule has 62 valence electrons. The topological polar surface area (TPSA) is 20.3 Å². The van der Waals surface area contributed by atoms with Crippen LogP contribution in [0.25, 0.3) is 0 Å². The van der Waals surface area contributed by atoms with Crippen LogP contribution >= 0.6 is 0 Å². The van der Waals surface area contributed by atoms with Crippen molar-refractivity contribution in [1.82, 2.24) is 4.90 Å². The minimum atomic E-state index is -0.0556. The second-order valence-electron chi connectivity index (χ2n) is 3.98. The van der Waals surface area contributed by atoms with Crippen molar-refractivity contribution in [3.63, 3.8) is 0 Å². The Morgan fingerprint density at radius 1 is 1.45 bits per heavy atom. The fourth-order valence-electron chi connectivity index (χ4n) is 1.53. The summed E-state index contributed by atoms with van der Waals surface area (Å²) in [5, 5.41) is 0. The van der Waals surface area contributed by atoms with E-state index < -0.39 is 0 Å². The summed E-state index contributed by atoms with van der Waals surface area (Å²) in [4.78, 5) is 13.2. The van der Waals surface area contributed by atoms with Gasteiger partial charge in [-0.25, -0.2) is 0 Å². The van der Waals surface area contributed by atoms with E-state index in [0.29, 0.717) is 0 Å². The summed E-state index contributed by atoms with van der Waals surface area (Å²) in [5.74, 6) is 0.130. The lowest BCUT2D eigenvalue weighted by Gasteiger charge is -2.35. The average Bonchev–Trinajstić information content (AvgIpc) is 2.08. The van der Waals surface area contributed by atoms with E-state index in [1.165, 1.54) is 0 Å². The van der Waals surface area contributed by atoms with E-state index >= 15 is 0 Å². The molecule has 1 rings (SSSR count). The maximum absolute atomic E-state index is 11.3. The van der Waals surface area contributed by atoms with Crippen LogP contribution in [0.1, 0.15) is 27.7 Å². The van der Waals surface area contributed by atoms with Gasteiger partial charge in [0.25, 0.3) is 0 Å². The highest BCUT2D eigenvalue weighted by Crippen LogP contribution is 2.22. The minimum absolute atomic E-state index is 0.0556. The predicted octanol–water partition coefficient (Wildman–Crippen LogP) is 1.57. The number of nitrogens with zero attached hydrogens (tertiary/aromatic N) is 1. The van der Waals surface area contributed by atoms with Gasteiger partial charge in [-0.1, -0.05) is 6.08 Å². The van der Waals surface area contributed by atoms with Crippen LogP contribution in [0.15, 0.2) is 12.2 Å². The lowest BCUT2D eigenvalue weighted by atomic mass is 10.1. The van der Waals surface area contributed by atoms with Crippen LogP contribution in [-0.2, 0) is 4.79 Å². The highest BCUT2D eigenvalue weighted by molar-refractivity contribution is 5.91. The summed E-state index contributed by atoms with van der Waals surface area (Å²) < 4.78 is 0. The van der Waals surface area contributed by atoms with Crippen molar-refractivity contribution in [2.75, 3.05) is 0 Å². The Bertz CT molecular complexity index is 200. The Balaban J connectivity index is 2.82. The molecule has 0 aromatic rings. The third kappa shape index (κ3) is 1.44. The zero-order chi connectivity index (χ0) is 8.65. The molecule has 0 aromatic heterocycles. The highest BCUT2D eigenvalue weighted by atomic mass is 16.2. The summed E-state index contributed by atoms with van der Waals surface area (Å²) in [5.41, 5.74) is -0.0556. The van der Waals surface area contributed by atoms with Gasteiger partial charge in [-0.05, 0) is 27.7 Å². The summed E-state index contributed by atoms with van der Waals surface area (Å²) in [6, 6.07) is 0.252. The fourth-order valence-corrected chi connectivity index (χ4v) is 1.53. The molecule has 0 saturated heterocycles. The molecule has 2 heteroatoms. The lowest BCUT2D eigenvalue weighted by Crippen LogP contribution is -2.46. The normalized spacial score (nSPS) is 24.9. The third-order valence-electron chi connectivity index (χ3n) is 1.88. The molecule has 0 N–H and O–H groups in total. The lowest BCUT2D eigenvalue weighted by molar-refractivity contribution is -0.130. The molecule has 1 atom stereocenters. The summed E-state index contributed by atoms with van der Waals surface area (Å²) in [7, 11) is 0. The van der Waals surface area contributed by atoms with Gasteiger partial charge in [-0.2, -0.15) is 0 Å². The summed E-state index contributed by atoms with van der Waals surface area (Å²) in [6.45, 7) is 8.18. The van der Waals surface area contributed by atoms with Gasteiger partial charge in [-0.3, -0.25) is 4.79 Å². The third-order valence-corrected chi connectivity index (χ3v) is 1.88. The Morgan fingerprint density at radius 2 is 2.00 bits per heavy atom. The first kappa shape index (κ1) is 8.31. The van der Waals surface area contributed by atoms with Crippen LogP contribution in [0.2, 0.25) is 0 Å². The molecule has 2 nitrogen and oxygen atoms in total. The molecule has 0 saturated carbocycles. The van der Waals surface area contributed by atoms with Crippen LogP contribution in [-0.4, -0.2) is 22.4 Å². The van der Waals surface area contributed by atoms with Gasteiger partial charge < -0.3 is 4.90 Å². The number of hydrogen-bond donors (Lipinski definition) is 0. The monoisotopic (exact) mass is 153 g/mol. The van der Waals surface area contributed by atoms with Gasteiger partial charge in [-0.15, -0.1) is 0 Å². The van der Waals surface area contributed by atoms with Crippen molar-refractivity contribution in [1.29, 1.82) is 0 Å². The number of rotatable bonds is 0. The number of carbonyl (C=O) groups is 1. The number of hydrogen-bond acceptors (Lipinski definition) is 1. The zero-order valence-corrected chi connectivity index (χ0v) is 7.59. The quantitative estimate of drug-likeness (QED) is 0.517. The molecule has 0 bridgehead atoms. The molecule has 11 heavy (non-hydrogen) atoms.